The molecule has 0 radical (unpaired) electrons. The molecule has 2 nitrogen and oxygen atoms in total. The average molecular weight is 389 g/mol. The van der Waals surface area contributed by atoms with Crippen LogP contribution in [0.25, 0.3) is 21.5 Å². The van der Waals surface area contributed by atoms with Gasteiger partial charge in [0.05, 0.1) is 5.41 Å². The minimum Gasteiger partial charge on any atom is -0.454 e. The minimum atomic E-state index is -0.526. The zero-order chi connectivity index (χ0) is 20.5. The van der Waals surface area contributed by atoms with Crippen LogP contribution in [0.1, 0.15) is 71.3 Å². The second-order valence-electron chi connectivity index (χ2n) is 8.95. The van der Waals surface area contributed by atoms with Gasteiger partial charge >= 0.3 is 5.97 Å². The summed E-state index contributed by atoms with van der Waals surface area (Å²) >= 11 is 0. The van der Waals surface area contributed by atoms with Crippen LogP contribution in [0.5, 0.6) is 0 Å². The number of ether oxygens (including phenoxy) is 1. The van der Waals surface area contributed by atoms with Crippen LogP contribution in [0.3, 0.4) is 0 Å². The molecule has 29 heavy (non-hydrogen) atoms. The Labute approximate surface area is 174 Å². The molecule has 0 bridgehead atoms. The van der Waals surface area contributed by atoms with E-state index >= 15 is 0 Å². The molecule has 2 heteroatoms. The average Bonchev–Trinajstić information content (AvgIpc) is 3.21. The number of hydrogen-bond acceptors (Lipinski definition) is 2. The lowest BCUT2D eigenvalue weighted by atomic mass is 9.81. The largest absolute Gasteiger partial charge is 0.454 e. The molecule has 0 amide bonds. The number of benzene rings is 3. The van der Waals surface area contributed by atoms with Crippen molar-refractivity contribution in [3.8, 4) is 0 Å². The van der Waals surface area contributed by atoms with E-state index in [-0.39, 0.29) is 5.97 Å². The number of fused-ring (bicyclic) bond motifs is 2. The zero-order valence-corrected chi connectivity index (χ0v) is 18.0. The lowest BCUT2D eigenvalue weighted by Gasteiger charge is -2.36. The molecule has 0 spiro atoms. The Balaban J connectivity index is 1.91. The summed E-state index contributed by atoms with van der Waals surface area (Å²) < 4.78 is 6.57. The van der Waals surface area contributed by atoms with E-state index in [1.807, 2.05) is 0 Å². The third-order valence-electron chi connectivity index (χ3n) is 7.00. The van der Waals surface area contributed by atoms with Crippen molar-refractivity contribution in [1.82, 2.24) is 0 Å². The highest BCUT2D eigenvalue weighted by Gasteiger charge is 2.45. The van der Waals surface area contributed by atoms with Gasteiger partial charge < -0.3 is 4.74 Å². The molecule has 1 atom stereocenters. The molecule has 1 aliphatic rings. The maximum Gasteiger partial charge on any atom is 0.312 e. The van der Waals surface area contributed by atoms with Gasteiger partial charge in [0.1, 0.15) is 5.60 Å². The first-order valence-corrected chi connectivity index (χ1v) is 11.2. The molecule has 4 rings (SSSR count). The van der Waals surface area contributed by atoms with Crippen LogP contribution in [0.4, 0.5) is 0 Å². The van der Waals surface area contributed by atoms with E-state index in [0.717, 1.165) is 44.9 Å². The van der Waals surface area contributed by atoms with Crippen molar-refractivity contribution in [3.63, 3.8) is 0 Å². The number of carbonyl (C=O) groups is 1. The van der Waals surface area contributed by atoms with Crippen molar-refractivity contribution in [2.45, 2.75) is 71.3 Å². The molecule has 0 heterocycles. The van der Waals surface area contributed by atoms with Crippen molar-refractivity contribution >= 4 is 27.5 Å². The smallest absolute Gasteiger partial charge is 0.312 e. The lowest BCUT2D eigenvalue weighted by Crippen LogP contribution is -2.37. The summed E-state index contributed by atoms with van der Waals surface area (Å²) in [6, 6.07) is 19.3. The molecule has 1 fully saturated rings. The fraction of sp³-hybridized carbons (Fsp3) is 0.444. The van der Waals surface area contributed by atoms with Gasteiger partial charge in [-0.3, -0.25) is 4.79 Å². The lowest BCUT2D eigenvalue weighted by molar-refractivity contribution is -0.173. The second kappa shape index (κ2) is 7.82. The summed E-state index contributed by atoms with van der Waals surface area (Å²) in [5, 5.41) is 4.87. The molecule has 3 aromatic rings. The van der Waals surface area contributed by atoms with E-state index in [4.69, 9.17) is 4.74 Å². The molecule has 1 saturated carbocycles. The third-order valence-corrected chi connectivity index (χ3v) is 7.00. The number of carbonyl (C=O) groups excluding carboxylic acids is 1. The van der Waals surface area contributed by atoms with E-state index in [0.29, 0.717) is 0 Å². The quantitative estimate of drug-likeness (QED) is 0.322. The van der Waals surface area contributed by atoms with Crippen LogP contribution < -0.4 is 0 Å². The van der Waals surface area contributed by atoms with Gasteiger partial charge in [-0.05, 0) is 73.1 Å². The van der Waals surface area contributed by atoms with E-state index in [1.54, 1.807) is 0 Å². The molecule has 1 unspecified atom stereocenters. The molecule has 0 N–H and O–H groups in total. The summed E-state index contributed by atoms with van der Waals surface area (Å²) in [6.45, 7) is 6.32. The van der Waals surface area contributed by atoms with Crippen molar-refractivity contribution in [2.24, 2.45) is 5.41 Å². The predicted octanol–water partition coefficient (Wildman–Crippen LogP) is 7.52. The normalized spacial score (nSPS) is 18.0. The first-order valence-electron chi connectivity index (χ1n) is 11.2. The molecule has 152 valence electrons. The van der Waals surface area contributed by atoms with Gasteiger partial charge in [-0.2, -0.15) is 0 Å². The van der Waals surface area contributed by atoms with E-state index in [9.17, 15) is 4.79 Å². The van der Waals surface area contributed by atoms with E-state index in [2.05, 4.69) is 75.4 Å². The highest BCUT2D eigenvalue weighted by atomic mass is 16.6. The van der Waals surface area contributed by atoms with Gasteiger partial charge in [0.15, 0.2) is 0 Å². The van der Waals surface area contributed by atoms with Crippen LogP contribution in [0.15, 0.2) is 54.6 Å². The van der Waals surface area contributed by atoms with E-state index < -0.39 is 11.0 Å². The second-order valence-corrected chi connectivity index (χ2v) is 8.95. The predicted molar refractivity (Wildman–Crippen MR) is 121 cm³/mol. The van der Waals surface area contributed by atoms with Crippen molar-refractivity contribution in [1.29, 1.82) is 0 Å². The zero-order valence-electron chi connectivity index (χ0n) is 18.0. The number of hydrogen-bond donors (Lipinski definition) is 0. The van der Waals surface area contributed by atoms with Crippen LogP contribution in [0, 0.1) is 5.41 Å². The summed E-state index contributed by atoms with van der Waals surface area (Å²) in [7, 11) is 0. The number of esters is 1. The molecular formula is C27H32O2. The van der Waals surface area contributed by atoms with Crippen LogP contribution in [0.2, 0.25) is 0 Å². The first kappa shape index (κ1) is 19.9. The molecule has 1 aliphatic carbocycles. The van der Waals surface area contributed by atoms with Crippen molar-refractivity contribution in [3.05, 3.63) is 60.2 Å². The highest BCUT2D eigenvalue weighted by Crippen LogP contribution is 2.49. The van der Waals surface area contributed by atoms with Crippen molar-refractivity contribution < 1.29 is 9.53 Å². The molecule has 0 aromatic heterocycles. The topological polar surface area (TPSA) is 26.3 Å². The number of rotatable bonds is 6. The van der Waals surface area contributed by atoms with E-state index in [1.165, 1.54) is 27.1 Å². The van der Waals surface area contributed by atoms with Gasteiger partial charge in [0.25, 0.3) is 0 Å². The third kappa shape index (κ3) is 3.43. The molecular weight excluding hydrogens is 356 g/mol. The Morgan fingerprint density at radius 2 is 1.52 bits per heavy atom. The summed E-state index contributed by atoms with van der Waals surface area (Å²) in [5.74, 6) is -0.0271. The monoisotopic (exact) mass is 388 g/mol. The molecule has 0 aliphatic heterocycles. The summed E-state index contributed by atoms with van der Waals surface area (Å²) in [4.78, 5) is 13.5. The van der Waals surface area contributed by atoms with Gasteiger partial charge in [-0.25, -0.2) is 0 Å². The maximum absolute atomic E-state index is 13.5. The Morgan fingerprint density at radius 3 is 2.03 bits per heavy atom. The Hall–Kier alpha value is -2.35. The summed E-state index contributed by atoms with van der Waals surface area (Å²) in [5.41, 5.74) is 0.277. The summed E-state index contributed by atoms with van der Waals surface area (Å²) in [6.07, 6.45) is 6.68. The minimum absolute atomic E-state index is 0.0271. The van der Waals surface area contributed by atoms with Crippen LogP contribution >= 0.6 is 0 Å². The highest BCUT2D eigenvalue weighted by molar-refractivity contribution is 6.03. The fourth-order valence-corrected chi connectivity index (χ4v) is 5.13. The van der Waals surface area contributed by atoms with Gasteiger partial charge in [0.2, 0.25) is 0 Å². The first-order chi connectivity index (χ1) is 14.0. The molecule has 3 aromatic carbocycles. The Kier molecular flexibility index (Phi) is 5.38. The standard InChI is InChI=1S/C27H32O2/c1-4-16-26(3,5-2)25(28)29-27(17-10-11-18-27)24-22-14-8-6-12-20(22)19-21-13-7-9-15-23(21)24/h6-9,12-15,19H,4-5,10-11,16-18H2,1-3H3. The van der Waals surface area contributed by atoms with Crippen LogP contribution in [-0.4, -0.2) is 5.97 Å². The van der Waals surface area contributed by atoms with Crippen LogP contribution in [-0.2, 0) is 15.1 Å². The maximum atomic E-state index is 13.5. The van der Waals surface area contributed by atoms with Gasteiger partial charge in [-0.15, -0.1) is 0 Å². The van der Waals surface area contributed by atoms with Crippen molar-refractivity contribution in [2.75, 3.05) is 0 Å². The SMILES string of the molecule is CCCC(C)(CC)C(=O)OC1(c2c3ccccc3cc3ccccc23)CCCC1. The fourth-order valence-electron chi connectivity index (χ4n) is 5.13. The van der Waals surface area contributed by atoms with Gasteiger partial charge in [0, 0.05) is 5.56 Å². The molecule has 0 saturated heterocycles. The Morgan fingerprint density at radius 1 is 0.966 bits per heavy atom. The van der Waals surface area contributed by atoms with Gasteiger partial charge in [-0.1, -0.05) is 68.8 Å². The Bertz CT molecular complexity index is 975.